The van der Waals surface area contributed by atoms with Gasteiger partial charge in [0.05, 0.1) is 6.61 Å². The first-order valence-electron chi connectivity index (χ1n) is 24.3. The molecular formula is C46H89O13P. The van der Waals surface area contributed by atoms with Gasteiger partial charge in [0.2, 0.25) is 0 Å². The van der Waals surface area contributed by atoms with Crippen molar-refractivity contribution in [3.63, 3.8) is 0 Å². The topological polar surface area (TPSA) is 210 Å². The van der Waals surface area contributed by atoms with Crippen molar-refractivity contribution in [2.24, 2.45) is 0 Å². The summed E-state index contributed by atoms with van der Waals surface area (Å²) < 4.78 is 33.5. The van der Waals surface area contributed by atoms with E-state index >= 15 is 0 Å². The highest BCUT2D eigenvalue weighted by molar-refractivity contribution is 7.47. The second-order valence-corrected chi connectivity index (χ2v) is 18.7. The molecule has 0 saturated heterocycles. The van der Waals surface area contributed by atoms with Crippen LogP contribution in [0.15, 0.2) is 0 Å². The van der Waals surface area contributed by atoms with Gasteiger partial charge in [-0.1, -0.05) is 200 Å². The first-order chi connectivity index (χ1) is 28.9. The molecule has 60 heavy (non-hydrogen) atoms. The van der Waals surface area contributed by atoms with Gasteiger partial charge < -0.3 is 39.9 Å². The van der Waals surface area contributed by atoms with Crippen molar-refractivity contribution in [2.75, 3.05) is 13.2 Å². The average molecular weight is 881 g/mol. The SMILES string of the molecule is CCCCCCCCCCCCCCCCCCCCCCCC(=O)O[C@H](COC(=O)CCCCCCCCCCCC)COP(=O)(O)OC1C(O)C(O)C(O)[C@H](O)C1O. The van der Waals surface area contributed by atoms with Gasteiger partial charge in [-0.25, -0.2) is 4.57 Å². The van der Waals surface area contributed by atoms with E-state index in [-0.39, 0.29) is 12.8 Å². The van der Waals surface area contributed by atoms with Crippen molar-refractivity contribution in [1.82, 2.24) is 0 Å². The molecule has 1 rings (SSSR count). The summed E-state index contributed by atoms with van der Waals surface area (Å²) in [4.78, 5) is 35.6. The number of hydrogen-bond acceptors (Lipinski definition) is 12. The number of aliphatic hydroxyl groups is 5. The fourth-order valence-corrected chi connectivity index (χ4v) is 8.73. The van der Waals surface area contributed by atoms with Gasteiger partial charge in [-0.3, -0.25) is 18.6 Å². The Morgan fingerprint density at radius 1 is 0.450 bits per heavy atom. The van der Waals surface area contributed by atoms with E-state index in [1.165, 1.54) is 148 Å². The Morgan fingerprint density at radius 2 is 0.750 bits per heavy atom. The Labute approximate surface area is 363 Å². The molecule has 0 aromatic rings. The van der Waals surface area contributed by atoms with Crippen LogP contribution >= 0.6 is 7.82 Å². The number of aliphatic hydroxyl groups excluding tert-OH is 5. The van der Waals surface area contributed by atoms with E-state index in [4.69, 9.17) is 18.5 Å². The molecule has 0 aromatic carbocycles. The first kappa shape index (κ1) is 56.9. The predicted octanol–water partition coefficient (Wildman–Crippen LogP) is 9.67. The summed E-state index contributed by atoms with van der Waals surface area (Å²) in [7, 11) is -5.11. The van der Waals surface area contributed by atoms with Crippen molar-refractivity contribution in [3.05, 3.63) is 0 Å². The maximum absolute atomic E-state index is 12.8. The largest absolute Gasteiger partial charge is 0.472 e. The number of carbonyl (C=O) groups excluding carboxylic acids is 2. The van der Waals surface area contributed by atoms with Gasteiger partial charge in [0, 0.05) is 12.8 Å². The van der Waals surface area contributed by atoms with Crippen LogP contribution in [0.3, 0.4) is 0 Å². The molecule has 0 bridgehead atoms. The molecule has 8 atom stereocenters. The standard InChI is InChI=1S/C46H89O13P/c1-3-5-7-9-11-13-15-16-17-18-19-20-21-22-23-24-25-27-29-31-33-35-40(48)58-38(36-56-39(47)34-32-30-28-26-14-12-10-8-6-4-2)37-57-60(54,55)59-46-44(52)42(50)41(49)43(51)45(46)53/h38,41-46,49-53H,3-37H2,1-2H3,(H,54,55)/t38-,41?,42+,43?,44?,45?,46?/m1/s1. The fourth-order valence-electron chi connectivity index (χ4n) is 7.76. The van der Waals surface area contributed by atoms with Crippen molar-refractivity contribution >= 4 is 19.8 Å². The van der Waals surface area contributed by atoms with Crippen LogP contribution in [0, 0.1) is 0 Å². The molecule has 0 aromatic heterocycles. The number of rotatable bonds is 41. The zero-order chi connectivity index (χ0) is 44.3. The lowest BCUT2D eigenvalue weighted by Gasteiger charge is -2.41. The Kier molecular flexibility index (Phi) is 35.3. The number of esters is 2. The minimum atomic E-state index is -5.11. The van der Waals surface area contributed by atoms with E-state index in [0.29, 0.717) is 12.8 Å². The molecule has 13 nitrogen and oxygen atoms in total. The summed E-state index contributed by atoms with van der Waals surface area (Å²) in [6, 6.07) is 0. The van der Waals surface area contributed by atoms with Gasteiger partial charge in [0.1, 0.15) is 43.2 Å². The molecular weight excluding hydrogens is 791 g/mol. The van der Waals surface area contributed by atoms with Gasteiger partial charge >= 0.3 is 19.8 Å². The third-order valence-electron chi connectivity index (χ3n) is 11.7. The van der Waals surface area contributed by atoms with Crippen molar-refractivity contribution in [3.8, 4) is 0 Å². The number of carbonyl (C=O) groups is 2. The molecule has 0 radical (unpaired) electrons. The molecule has 14 heteroatoms. The van der Waals surface area contributed by atoms with Gasteiger partial charge in [-0.05, 0) is 12.8 Å². The van der Waals surface area contributed by atoms with Crippen LogP contribution in [0.25, 0.3) is 0 Å². The molecule has 0 amide bonds. The van der Waals surface area contributed by atoms with E-state index in [9.17, 15) is 44.6 Å². The highest BCUT2D eigenvalue weighted by Crippen LogP contribution is 2.47. The Bertz CT molecular complexity index is 1060. The maximum Gasteiger partial charge on any atom is 0.472 e. The molecule has 1 fully saturated rings. The smallest absolute Gasteiger partial charge is 0.462 e. The lowest BCUT2D eigenvalue weighted by atomic mass is 9.85. The third-order valence-corrected chi connectivity index (χ3v) is 12.7. The molecule has 0 aliphatic heterocycles. The molecule has 1 aliphatic carbocycles. The van der Waals surface area contributed by atoms with Gasteiger partial charge in [0.25, 0.3) is 0 Å². The molecule has 1 aliphatic rings. The number of phosphoric acid groups is 1. The number of phosphoric ester groups is 1. The summed E-state index contributed by atoms with van der Waals surface area (Å²) in [6.45, 7) is 3.31. The molecule has 1 saturated carbocycles. The molecule has 6 unspecified atom stereocenters. The van der Waals surface area contributed by atoms with Gasteiger partial charge in [-0.15, -0.1) is 0 Å². The maximum atomic E-state index is 12.8. The molecule has 0 spiro atoms. The summed E-state index contributed by atoms with van der Waals surface area (Å²) in [5, 5.41) is 50.1. The van der Waals surface area contributed by atoms with Crippen LogP contribution in [-0.2, 0) is 32.7 Å². The minimum absolute atomic E-state index is 0.105. The molecule has 6 N–H and O–H groups in total. The zero-order valence-corrected chi connectivity index (χ0v) is 38.7. The number of hydrogen-bond donors (Lipinski definition) is 6. The van der Waals surface area contributed by atoms with Crippen LogP contribution in [0.2, 0.25) is 0 Å². The van der Waals surface area contributed by atoms with Crippen molar-refractivity contribution in [2.45, 2.75) is 268 Å². The second-order valence-electron chi connectivity index (χ2n) is 17.3. The minimum Gasteiger partial charge on any atom is -0.462 e. The average Bonchev–Trinajstić information content (AvgIpc) is 3.23. The summed E-state index contributed by atoms with van der Waals surface area (Å²) >= 11 is 0. The van der Waals surface area contributed by atoms with Crippen LogP contribution < -0.4 is 0 Å². The Hall–Kier alpha value is -1.15. The van der Waals surface area contributed by atoms with Crippen LogP contribution in [0.5, 0.6) is 0 Å². The normalized spacial score (nSPS) is 22.1. The predicted molar refractivity (Wildman–Crippen MR) is 235 cm³/mol. The highest BCUT2D eigenvalue weighted by Gasteiger charge is 2.51. The fraction of sp³-hybridized carbons (Fsp3) is 0.957. The van der Waals surface area contributed by atoms with Crippen molar-refractivity contribution < 1.29 is 63.1 Å². The molecule has 0 heterocycles. The van der Waals surface area contributed by atoms with Gasteiger partial charge in [0.15, 0.2) is 6.10 Å². The molecule has 356 valence electrons. The summed E-state index contributed by atoms with van der Waals surface area (Å²) in [5.74, 6) is -1.09. The lowest BCUT2D eigenvalue weighted by molar-refractivity contribution is -0.220. The number of ether oxygens (including phenoxy) is 2. The van der Waals surface area contributed by atoms with Crippen LogP contribution in [0.1, 0.15) is 226 Å². The van der Waals surface area contributed by atoms with E-state index in [2.05, 4.69) is 13.8 Å². The van der Waals surface area contributed by atoms with Crippen LogP contribution in [-0.4, -0.2) is 98.3 Å². The first-order valence-corrected chi connectivity index (χ1v) is 25.8. The van der Waals surface area contributed by atoms with E-state index in [1.54, 1.807) is 0 Å². The Balaban J connectivity index is 2.36. The Morgan fingerprint density at radius 3 is 1.10 bits per heavy atom. The van der Waals surface area contributed by atoms with Gasteiger partial charge in [-0.2, -0.15) is 0 Å². The summed E-state index contributed by atoms with van der Waals surface area (Å²) in [6.07, 6.45) is 24.6. The third kappa shape index (κ3) is 29.3. The quantitative estimate of drug-likeness (QED) is 0.0192. The van der Waals surface area contributed by atoms with Crippen LogP contribution in [0.4, 0.5) is 0 Å². The zero-order valence-electron chi connectivity index (χ0n) is 37.8. The second kappa shape index (κ2) is 37.2. The van der Waals surface area contributed by atoms with Crippen molar-refractivity contribution in [1.29, 1.82) is 0 Å². The summed E-state index contributed by atoms with van der Waals surface area (Å²) in [5.41, 5.74) is 0. The highest BCUT2D eigenvalue weighted by atomic mass is 31.2. The number of unbranched alkanes of at least 4 members (excludes halogenated alkanes) is 29. The monoisotopic (exact) mass is 881 g/mol. The lowest BCUT2D eigenvalue weighted by Crippen LogP contribution is -2.64. The van der Waals surface area contributed by atoms with E-state index in [0.717, 1.165) is 38.5 Å². The van der Waals surface area contributed by atoms with E-state index < -0.39 is 75.7 Å². The van der Waals surface area contributed by atoms with E-state index in [1.807, 2.05) is 0 Å².